The van der Waals surface area contributed by atoms with E-state index in [1.807, 2.05) is 0 Å². The maximum Gasteiger partial charge on any atom is 0.407 e. The maximum atomic E-state index is 12.5. The molecule has 1 N–H and O–H groups in total. The van der Waals surface area contributed by atoms with Crippen molar-refractivity contribution in [1.82, 2.24) is 5.32 Å². The van der Waals surface area contributed by atoms with Gasteiger partial charge in [-0.15, -0.1) is 0 Å². The molecule has 0 aliphatic heterocycles. The highest BCUT2D eigenvalue weighted by Crippen LogP contribution is 2.67. The molecule has 5 nitrogen and oxygen atoms in total. The number of rotatable bonds is 13. The van der Waals surface area contributed by atoms with E-state index in [4.69, 9.17) is 4.74 Å². The smallest absolute Gasteiger partial charge is 0.407 e. The predicted molar refractivity (Wildman–Crippen MR) is 160 cm³/mol. The minimum absolute atomic E-state index is 0.0101. The second-order valence-corrected chi connectivity index (χ2v) is 14.8. The average molecular weight is 543 g/mol. The van der Waals surface area contributed by atoms with Gasteiger partial charge in [0.25, 0.3) is 0 Å². The van der Waals surface area contributed by atoms with Gasteiger partial charge in [0.15, 0.2) is 0 Å². The third kappa shape index (κ3) is 6.92. The van der Waals surface area contributed by atoms with Crippen LogP contribution in [-0.2, 0) is 4.74 Å². The Hall–Kier alpha value is -1.39. The van der Waals surface area contributed by atoms with Crippen molar-refractivity contribution in [3.8, 4) is 0 Å². The fraction of sp³-hybridized carbons (Fsp3) is 0.912. The van der Waals surface area contributed by atoms with Crippen LogP contribution in [0.15, 0.2) is 16.8 Å². The van der Waals surface area contributed by atoms with Crippen molar-refractivity contribution in [2.45, 2.75) is 137 Å². The fourth-order valence-electron chi connectivity index (χ4n) is 9.79. The van der Waals surface area contributed by atoms with Gasteiger partial charge in [-0.05, 0) is 104 Å². The lowest BCUT2D eigenvalue weighted by Gasteiger charge is -2.58. The number of unbranched alkanes of at least 4 members (excludes halogenated alkanes) is 3. The van der Waals surface area contributed by atoms with Gasteiger partial charge < -0.3 is 10.1 Å². The van der Waals surface area contributed by atoms with Crippen molar-refractivity contribution in [2.24, 2.45) is 51.5 Å². The molecule has 3 unspecified atom stereocenters. The highest BCUT2D eigenvalue weighted by molar-refractivity contribution is 5.67. The quantitative estimate of drug-likeness (QED) is 0.143. The minimum atomic E-state index is -0.264. The zero-order valence-corrected chi connectivity index (χ0v) is 25.8. The zero-order valence-electron chi connectivity index (χ0n) is 25.8. The molecule has 3 saturated carbocycles. The van der Waals surface area contributed by atoms with Gasteiger partial charge in [0.2, 0.25) is 0 Å². The van der Waals surface area contributed by atoms with E-state index in [1.54, 1.807) is 5.57 Å². The standard InChI is InChI=1S/C34H58N2O3/c1-24(2)11-10-12-25(3)29-15-16-30-28-14-13-26-23-27(39-32(37)35-21-8-6-7-9-22-36-38)17-19-33(26,4)31(28)18-20-34(29,30)5/h13,24-25,27-31H,6-12,14-23H2,1-5H3,(H,35,37)/t25-,27+,28?,29-,30?,31?,33+,34-/m0/s1. The lowest BCUT2D eigenvalue weighted by molar-refractivity contribution is -0.0581. The third-order valence-corrected chi connectivity index (χ3v) is 12.0. The second-order valence-electron chi connectivity index (χ2n) is 14.8. The van der Waals surface area contributed by atoms with E-state index in [0.717, 1.165) is 80.5 Å². The first-order valence-electron chi connectivity index (χ1n) is 16.6. The molecule has 5 heteroatoms. The molecular formula is C34H58N2O3. The maximum absolute atomic E-state index is 12.5. The number of nitrogens with zero attached hydrogens (tertiary/aromatic N) is 1. The summed E-state index contributed by atoms with van der Waals surface area (Å²) in [5.41, 5.74) is 2.40. The molecule has 0 spiro atoms. The van der Waals surface area contributed by atoms with Gasteiger partial charge >= 0.3 is 6.09 Å². The first-order valence-corrected chi connectivity index (χ1v) is 16.6. The van der Waals surface area contributed by atoms with Gasteiger partial charge in [-0.25, -0.2) is 4.79 Å². The van der Waals surface area contributed by atoms with Crippen molar-refractivity contribution in [3.05, 3.63) is 16.6 Å². The number of nitroso groups, excluding NO2 is 1. The molecule has 0 bridgehead atoms. The van der Waals surface area contributed by atoms with Crippen LogP contribution in [-0.4, -0.2) is 25.3 Å². The van der Waals surface area contributed by atoms with Gasteiger partial charge in [-0.1, -0.05) is 83.5 Å². The summed E-state index contributed by atoms with van der Waals surface area (Å²) in [6, 6.07) is 0. The Labute approximate surface area is 239 Å². The van der Waals surface area contributed by atoms with Crippen LogP contribution in [0.4, 0.5) is 4.79 Å². The Balaban J connectivity index is 1.29. The number of carbonyl (C=O) groups excluding carboxylic acids is 1. The summed E-state index contributed by atoms with van der Waals surface area (Å²) in [6.45, 7) is 13.6. The van der Waals surface area contributed by atoms with Crippen LogP contribution in [0, 0.1) is 51.2 Å². The van der Waals surface area contributed by atoms with Gasteiger partial charge in [0.1, 0.15) is 6.10 Å². The number of fused-ring (bicyclic) bond motifs is 5. The minimum Gasteiger partial charge on any atom is -0.446 e. The normalized spacial score (nSPS) is 36.4. The highest BCUT2D eigenvalue weighted by Gasteiger charge is 2.59. The summed E-state index contributed by atoms with van der Waals surface area (Å²) in [5, 5.41) is 5.84. The Morgan fingerprint density at radius 2 is 1.79 bits per heavy atom. The lowest BCUT2D eigenvalue weighted by Crippen LogP contribution is -2.51. The van der Waals surface area contributed by atoms with Crippen molar-refractivity contribution in [3.63, 3.8) is 0 Å². The Morgan fingerprint density at radius 3 is 2.56 bits per heavy atom. The SMILES string of the molecule is CC(C)CCC[C@H](C)[C@@H]1CCC2C3CC=C4C[C@H](OC(=O)NCCCCCCN=O)CC[C@@]4(C)C3CC[C@]21C. The molecule has 1 amide bonds. The molecule has 8 atom stereocenters. The van der Waals surface area contributed by atoms with E-state index in [2.05, 4.69) is 51.2 Å². The van der Waals surface area contributed by atoms with Gasteiger partial charge in [0.05, 0.1) is 6.54 Å². The molecule has 39 heavy (non-hydrogen) atoms. The summed E-state index contributed by atoms with van der Waals surface area (Å²) in [7, 11) is 0. The summed E-state index contributed by atoms with van der Waals surface area (Å²) in [6.07, 6.45) is 20.3. The number of nitrogens with one attached hydrogen (secondary N) is 1. The largest absolute Gasteiger partial charge is 0.446 e. The third-order valence-electron chi connectivity index (χ3n) is 12.0. The van der Waals surface area contributed by atoms with E-state index in [9.17, 15) is 9.70 Å². The molecule has 0 saturated heterocycles. The summed E-state index contributed by atoms with van der Waals surface area (Å²) in [4.78, 5) is 22.6. The van der Waals surface area contributed by atoms with Crippen molar-refractivity contribution in [1.29, 1.82) is 0 Å². The lowest BCUT2D eigenvalue weighted by atomic mass is 9.47. The molecule has 4 aliphatic rings. The molecule has 4 rings (SSSR count). The number of hydrogen-bond acceptors (Lipinski definition) is 4. The van der Waals surface area contributed by atoms with E-state index in [-0.39, 0.29) is 17.6 Å². The van der Waals surface area contributed by atoms with Gasteiger partial charge in [-0.2, -0.15) is 4.91 Å². The van der Waals surface area contributed by atoms with Crippen molar-refractivity contribution >= 4 is 6.09 Å². The molecular weight excluding hydrogens is 484 g/mol. The highest BCUT2D eigenvalue weighted by atomic mass is 16.6. The molecule has 4 aliphatic carbocycles. The first-order chi connectivity index (χ1) is 18.7. The number of hydrogen-bond donors (Lipinski definition) is 1. The molecule has 0 aromatic rings. The Kier molecular flexibility index (Phi) is 10.6. The van der Waals surface area contributed by atoms with Crippen molar-refractivity contribution in [2.75, 3.05) is 13.1 Å². The van der Waals surface area contributed by atoms with Crippen LogP contribution >= 0.6 is 0 Å². The Bertz CT molecular complexity index is 855. The number of allylic oxidation sites excluding steroid dienone is 1. The summed E-state index contributed by atoms with van der Waals surface area (Å²) >= 11 is 0. The fourth-order valence-corrected chi connectivity index (χ4v) is 9.79. The first kappa shape index (κ1) is 30.6. The molecule has 0 aromatic carbocycles. The zero-order chi connectivity index (χ0) is 28.0. The average Bonchev–Trinajstić information content (AvgIpc) is 3.25. The summed E-state index contributed by atoms with van der Waals surface area (Å²) < 4.78 is 5.89. The topological polar surface area (TPSA) is 67.8 Å². The molecule has 3 fully saturated rings. The molecule has 0 heterocycles. The van der Waals surface area contributed by atoms with E-state index < -0.39 is 0 Å². The monoisotopic (exact) mass is 542 g/mol. The molecule has 0 radical (unpaired) electrons. The predicted octanol–water partition coefficient (Wildman–Crippen LogP) is 9.45. The molecule has 222 valence electrons. The van der Waals surface area contributed by atoms with E-state index in [1.165, 1.54) is 51.4 Å². The summed E-state index contributed by atoms with van der Waals surface area (Å²) in [5.74, 6) is 5.12. The van der Waals surface area contributed by atoms with E-state index in [0.29, 0.717) is 18.5 Å². The molecule has 0 aromatic heterocycles. The van der Waals surface area contributed by atoms with E-state index >= 15 is 0 Å². The van der Waals surface area contributed by atoms with Crippen LogP contribution in [0.2, 0.25) is 0 Å². The van der Waals surface area contributed by atoms with Crippen LogP contribution in [0.25, 0.3) is 0 Å². The number of alkyl carbamates (subject to hydrolysis) is 1. The van der Waals surface area contributed by atoms with Gasteiger partial charge in [0, 0.05) is 13.0 Å². The number of amides is 1. The number of ether oxygens (including phenoxy) is 1. The Morgan fingerprint density at radius 1 is 1.00 bits per heavy atom. The van der Waals surface area contributed by atoms with Crippen molar-refractivity contribution < 1.29 is 9.53 Å². The van der Waals surface area contributed by atoms with Crippen LogP contribution in [0.3, 0.4) is 0 Å². The van der Waals surface area contributed by atoms with Gasteiger partial charge in [-0.3, -0.25) is 0 Å². The van der Waals surface area contributed by atoms with Crippen LogP contribution < -0.4 is 5.32 Å². The van der Waals surface area contributed by atoms with Crippen LogP contribution in [0.1, 0.15) is 131 Å². The second kappa shape index (κ2) is 13.5. The van der Waals surface area contributed by atoms with Crippen LogP contribution in [0.5, 0.6) is 0 Å². The number of carbonyl (C=O) groups is 1.